The van der Waals surface area contributed by atoms with Crippen LogP contribution in [0.15, 0.2) is 109 Å². The molecule has 0 rings (SSSR count). The van der Waals surface area contributed by atoms with Crippen molar-refractivity contribution in [3.05, 3.63) is 109 Å². The Labute approximate surface area is 425 Å². The molecule has 0 aromatic carbocycles. The van der Waals surface area contributed by atoms with Gasteiger partial charge in [0, 0.05) is 19.3 Å². The van der Waals surface area contributed by atoms with E-state index in [0.29, 0.717) is 19.3 Å². The van der Waals surface area contributed by atoms with E-state index in [1.54, 1.807) is 0 Å². The van der Waals surface area contributed by atoms with Crippen LogP contribution in [0.25, 0.3) is 0 Å². The van der Waals surface area contributed by atoms with E-state index in [0.717, 1.165) is 70.6 Å². The van der Waals surface area contributed by atoms with Crippen LogP contribution >= 0.6 is 0 Å². The summed E-state index contributed by atoms with van der Waals surface area (Å²) in [4.78, 5) is 38.1. The third kappa shape index (κ3) is 54.9. The Bertz CT molecular complexity index is 1420. The molecule has 0 radical (unpaired) electrons. The van der Waals surface area contributed by atoms with Crippen LogP contribution in [0.3, 0.4) is 0 Å². The lowest BCUT2D eigenvalue weighted by molar-refractivity contribution is -0.167. The summed E-state index contributed by atoms with van der Waals surface area (Å²) in [7, 11) is 0. The predicted octanol–water partition coefficient (Wildman–Crippen LogP) is 19.1. The summed E-state index contributed by atoms with van der Waals surface area (Å²) < 4.78 is 16.8. The molecule has 0 spiro atoms. The number of carbonyl (C=O) groups is 3. The maximum absolute atomic E-state index is 12.8. The summed E-state index contributed by atoms with van der Waals surface area (Å²) in [6.45, 7) is 6.41. The Hall–Kier alpha value is -3.93. The van der Waals surface area contributed by atoms with Crippen LogP contribution in [0.2, 0.25) is 0 Å². The highest BCUT2D eigenvalue weighted by Gasteiger charge is 2.19. The molecule has 0 fully saturated rings. The predicted molar refractivity (Wildman–Crippen MR) is 297 cm³/mol. The Morgan fingerprint density at radius 3 is 1.09 bits per heavy atom. The molecule has 1 atom stereocenters. The number of hydrogen-bond acceptors (Lipinski definition) is 6. The van der Waals surface area contributed by atoms with Gasteiger partial charge in [-0.05, 0) is 96.3 Å². The van der Waals surface area contributed by atoms with Crippen molar-refractivity contribution < 1.29 is 28.6 Å². The van der Waals surface area contributed by atoms with Crippen molar-refractivity contribution in [2.75, 3.05) is 13.2 Å². The molecular weight excluding hydrogens is 853 g/mol. The molecule has 0 bridgehead atoms. The first-order chi connectivity index (χ1) is 34.0. The standard InChI is InChI=1S/C63H104O6/c1-4-7-10-13-16-19-22-25-28-30-31-33-35-38-41-44-47-50-53-56-62(65)68-59-60(58-67-61(64)55-52-49-46-43-40-37-34-27-24-21-18-15-12-9-6-3)69-63(66)57-54-51-48-45-42-39-36-32-29-26-23-20-17-14-11-8-5-2/h9,12,15,18,21,24,26-27,29-31,34,36-37,39-40,45,48,60H,4-8,10-11,13-14,16-17,19-20,22-23,25,28,32-33,35,38,41-44,46-47,49-59H2,1-3H3/b12-9-,18-15-,24-21-,29-26-,31-30-,34-27-,39-36-,40-37-,48-45-. The van der Waals surface area contributed by atoms with Crippen LogP contribution < -0.4 is 0 Å². The lowest BCUT2D eigenvalue weighted by Crippen LogP contribution is -2.30. The summed E-state index contributed by atoms with van der Waals surface area (Å²) in [6.07, 6.45) is 76.6. The van der Waals surface area contributed by atoms with Gasteiger partial charge in [-0.25, -0.2) is 0 Å². The minimum absolute atomic E-state index is 0.116. The molecule has 0 saturated heterocycles. The summed E-state index contributed by atoms with van der Waals surface area (Å²) in [6, 6.07) is 0. The fourth-order valence-corrected chi connectivity index (χ4v) is 7.59. The van der Waals surface area contributed by atoms with Gasteiger partial charge in [0.1, 0.15) is 13.2 Å². The maximum Gasteiger partial charge on any atom is 0.306 e. The second kappa shape index (κ2) is 56.7. The lowest BCUT2D eigenvalue weighted by atomic mass is 10.1. The molecule has 0 aromatic heterocycles. The van der Waals surface area contributed by atoms with Crippen molar-refractivity contribution in [1.82, 2.24) is 0 Å². The van der Waals surface area contributed by atoms with E-state index >= 15 is 0 Å². The van der Waals surface area contributed by atoms with Crippen molar-refractivity contribution >= 4 is 17.9 Å². The molecule has 0 saturated carbocycles. The fourth-order valence-electron chi connectivity index (χ4n) is 7.59. The van der Waals surface area contributed by atoms with E-state index in [1.165, 1.54) is 135 Å². The summed E-state index contributed by atoms with van der Waals surface area (Å²) in [5.41, 5.74) is 0. The number of esters is 3. The molecule has 0 aliphatic carbocycles. The van der Waals surface area contributed by atoms with Gasteiger partial charge in [0.05, 0.1) is 0 Å². The number of ether oxygens (including phenoxy) is 3. The zero-order valence-electron chi connectivity index (χ0n) is 44.8. The number of unbranched alkanes of at least 4 members (excludes halogenated alkanes) is 25. The Kier molecular flexibility index (Phi) is 53.4. The van der Waals surface area contributed by atoms with Crippen molar-refractivity contribution in [2.24, 2.45) is 0 Å². The zero-order chi connectivity index (χ0) is 50.0. The largest absolute Gasteiger partial charge is 0.462 e. The first-order valence-electron chi connectivity index (χ1n) is 28.5. The van der Waals surface area contributed by atoms with Gasteiger partial charge in [0.2, 0.25) is 0 Å². The van der Waals surface area contributed by atoms with Crippen LogP contribution in [0, 0.1) is 0 Å². The average Bonchev–Trinajstić information content (AvgIpc) is 3.35. The smallest absolute Gasteiger partial charge is 0.306 e. The first kappa shape index (κ1) is 65.1. The van der Waals surface area contributed by atoms with Crippen molar-refractivity contribution in [3.8, 4) is 0 Å². The highest BCUT2D eigenvalue weighted by Crippen LogP contribution is 2.14. The first-order valence-corrected chi connectivity index (χ1v) is 28.5. The number of hydrogen-bond donors (Lipinski definition) is 0. The van der Waals surface area contributed by atoms with Crippen molar-refractivity contribution in [1.29, 1.82) is 0 Å². The molecular formula is C63H104O6. The van der Waals surface area contributed by atoms with Crippen LogP contribution in [0.1, 0.15) is 252 Å². The highest BCUT2D eigenvalue weighted by molar-refractivity contribution is 5.71. The third-order valence-corrected chi connectivity index (χ3v) is 11.9. The molecule has 6 nitrogen and oxygen atoms in total. The minimum atomic E-state index is -0.826. The normalized spacial score (nSPS) is 12.9. The number of allylic oxidation sites excluding steroid dienone is 18. The summed E-state index contributed by atoms with van der Waals surface area (Å²) in [5.74, 6) is -1.02. The van der Waals surface area contributed by atoms with E-state index in [4.69, 9.17) is 14.2 Å². The molecule has 0 aliphatic rings. The molecule has 69 heavy (non-hydrogen) atoms. The molecule has 0 aromatic rings. The van der Waals surface area contributed by atoms with Crippen LogP contribution in [-0.2, 0) is 28.6 Å². The van der Waals surface area contributed by atoms with E-state index in [-0.39, 0.29) is 37.5 Å². The molecule has 0 heterocycles. The highest BCUT2D eigenvalue weighted by atomic mass is 16.6. The number of carbonyl (C=O) groups excluding carboxylic acids is 3. The second-order valence-corrected chi connectivity index (χ2v) is 18.6. The van der Waals surface area contributed by atoms with Gasteiger partial charge in [0.15, 0.2) is 6.10 Å². The number of rotatable bonds is 50. The molecule has 6 heteroatoms. The van der Waals surface area contributed by atoms with Gasteiger partial charge < -0.3 is 14.2 Å². The van der Waals surface area contributed by atoms with E-state index < -0.39 is 6.10 Å². The quantitative estimate of drug-likeness (QED) is 0.0199. The van der Waals surface area contributed by atoms with Crippen LogP contribution in [0.5, 0.6) is 0 Å². The van der Waals surface area contributed by atoms with E-state index in [9.17, 15) is 14.4 Å². The van der Waals surface area contributed by atoms with Crippen molar-refractivity contribution in [2.45, 2.75) is 258 Å². The lowest BCUT2D eigenvalue weighted by Gasteiger charge is -2.18. The summed E-state index contributed by atoms with van der Waals surface area (Å²) in [5, 5.41) is 0. The Balaban J connectivity index is 4.52. The monoisotopic (exact) mass is 957 g/mol. The Morgan fingerprint density at radius 1 is 0.319 bits per heavy atom. The Morgan fingerprint density at radius 2 is 0.638 bits per heavy atom. The van der Waals surface area contributed by atoms with Crippen molar-refractivity contribution in [3.63, 3.8) is 0 Å². The SMILES string of the molecule is CC\C=C/C=C\C=C/C=C\C=C/CCCCCC(=O)OCC(COC(=O)CCCCCCCCC/C=C\CCCCCCCCCC)OC(=O)CCC/C=C\C/C=C\C/C=C\CCCCCCCC. The second-order valence-electron chi connectivity index (χ2n) is 18.6. The fraction of sp³-hybridized carbons (Fsp3) is 0.667. The zero-order valence-corrected chi connectivity index (χ0v) is 44.8. The molecule has 0 N–H and O–H groups in total. The maximum atomic E-state index is 12.8. The van der Waals surface area contributed by atoms with Gasteiger partial charge in [-0.3, -0.25) is 14.4 Å². The molecule has 392 valence electrons. The van der Waals surface area contributed by atoms with Gasteiger partial charge in [-0.15, -0.1) is 0 Å². The van der Waals surface area contributed by atoms with Crippen LogP contribution in [0.4, 0.5) is 0 Å². The topological polar surface area (TPSA) is 78.9 Å². The molecule has 1 unspecified atom stereocenters. The van der Waals surface area contributed by atoms with Gasteiger partial charge in [-0.2, -0.15) is 0 Å². The average molecular weight is 958 g/mol. The summed E-state index contributed by atoms with van der Waals surface area (Å²) >= 11 is 0. The molecule has 0 amide bonds. The van der Waals surface area contributed by atoms with Gasteiger partial charge in [0.25, 0.3) is 0 Å². The minimum Gasteiger partial charge on any atom is -0.462 e. The van der Waals surface area contributed by atoms with Gasteiger partial charge >= 0.3 is 17.9 Å². The molecule has 0 aliphatic heterocycles. The van der Waals surface area contributed by atoms with E-state index in [1.807, 2.05) is 48.6 Å². The van der Waals surface area contributed by atoms with Crippen LogP contribution in [-0.4, -0.2) is 37.2 Å². The van der Waals surface area contributed by atoms with E-state index in [2.05, 4.69) is 81.5 Å². The van der Waals surface area contributed by atoms with Gasteiger partial charge in [-0.1, -0.05) is 246 Å². The third-order valence-electron chi connectivity index (χ3n) is 11.9.